The molecule has 2 aromatic rings. The van der Waals surface area contributed by atoms with E-state index in [1.54, 1.807) is 18.2 Å². The number of benzene rings is 2. The van der Waals surface area contributed by atoms with Crippen LogP contribution in [0.25, 0.3) is 0 Å². The molecule has 5 N–H and O–H groups in total. The Balaban J connectivity index is 2.00. The fourth-order valence-corrected chi connectivity index (χ4v) is 2.54. The molecule has 2 unspecified atom stereocenters. The van der Waals surface area contributed by atoms with Crippen molar-refractivity contribution in [3.8, 4) is 17.2 Å². The van der Waals surface area contributed by atoms with E-state index in [2.05, 4.69) is 6.92 Å². The van der Waals surface area contributed by atoms with E-state index in [1.165, 1.54) is 6.07 Å². The zero-order valence-electron chi connectivity index (χ0n) is 13.0. The van der Waals surface area contributed by atoms with Crippen LogP contribution < -0.4 is 5.73 Å². The number of rotatable bonds is 5. The molecule has 0 aliphatic rings. The summed E-state index contributed by atoms with van der Waals surface area (Å²) in [5.41, 5.74) is 9.17. The van der Waals surface area contributed by atoms with Crippen LogP contribution in [0.4, 0.5) is 0 Å². The Labute approximate surface area is 130 Å². The van der Waals surface area contributed by atoms with Gasteiger partial charge in [-0.3, -0.25) is 0 Å². The molecule has 0 amide bonds. The highest BCUT2D eigenvalue weighted by molar-refractivity contribution is 5.40. The van der Waals surface area contributed by atoms with Gasteiger partial charge in [-0.1, -0.05) is 25.1 Å². The lowest BCUT2D eigenvalue weighted by molar-refractivity contribution is 0.401. The fraction of sp³-hybridized carbons (Fsp3) is 0.333. The van der Waals surface area contributed by atoms with Crippen molar-refractivity contribution in [3.05, 3.63) is 53.1 Å². The van der Waals surface area contributed by atoms with Crippen LogP contribution in [-0.2, 0) is 12.8 Å². The van der Waals surface area contributed by atoms with Crippen molar-refractivity contribution in [3.63, 3.8) is 0 Å². The van der Waals surface area contributed by atoms with Gasteiger partial charge in [0, 0.05) is 6.04 Å². The summed E-state index contributed by atoms with van der Waals surface area (Å²) in [7, 11) is 0. The first-order chi connectivity index (χ1) is 10.4. The molecule has 0 spiro atoms. The lowest BCUT2D eigenvalue weighted by Gasteiger charge is -2.20. The predicted molar refractivity (Wildman–Crippen MR) is 87.2 cm³/mol. The van der Waals surface area contributed by atoms with E-state index in [0.717, 1.165) is 23.1 Å². The van der Waals surface area contributed by atoms with Gasteiger partial charge >= 0.3 is 0 Å². The van der Waals surface area contributed by atoms with Gasteiger partial charge in [0.25, 0.3) is 0 Å². The molecule has 2 aromatic carbocycles. The van der Waals surface area contributed by atoms with Crippen molar-refractivity contribution >= 4 is 0 Å². The van der Waals surface area contributed by atoms with Gasteiger partial charge in [-0.15, -0.1) is 0 Å². The third kappa shape index (κ3) is 3.92. The van der Waals surface area contributed by atoms with E-state index in [4.69, 9.17) is 5.73 Å². The van der Waals surface area contributed by atoms with Crippen molar-refractivity contribution in [2.75, 3.05) is 0 Å². The number of phenolic OH excluding ortho intramolecular Hbond substituents is 3. The lowest BCUT2D eigenvalue weighted by atomic mass is 9.90. The summed E-state index contributed by atoms with van der Waals surface area (Å²) < 4.78 is 0. The van der Waals surface area contributed by atoms with Crippen molar-refractivity contribution in [2.24, 2.45) is 11.7 Å². The van der Waals surface area contributed by atoms with Gasteiger partial charge in [0.1, 0.15) is 5.75 Å². The van der Waals surface area contributed by atoms with Crippen LogP contribution in [-0.4, -0.2) is 21.4 Å². The molecule has 0 radical (unpaired) electrons. The van der Waals surface area contributed by atoms with E-state index in [0.29, 0.717) is 12.2 Å². The molecule has 0 aromatic heterocycles. The molecular formula is C18H23NO3. The van der Waals surface area contributed by atoms with Crippen molar-refractivity contribution in [1.29, 1.82) is 0 Å². The van der Waals surface area contributed by atoms with Gasteiger partial charge in [0.15, 0.2) is 11.5 Å². The van der Waals surface area contributed by atoms with Crippen LogP contribution in [0, 0.1) is 12.8 Å². The molecule has 0 bridgehead atoms. The zero-order valence-corrected chi connectivity index (χ0v) is 13.0. The number of hydrogen-bond donors (Lipinski definition) is 4. The minimum absolute atomic E-state index is 0.0574. The van der Waals surface area contributed by atoms with Crippen LogP contribution in [0.15, 0.2) is 36.4 Å². The van der Waals surface area contributed by atoms with Crippen LogP contribution in [0.3, 0.4) is 0 Å². The van der Waals surface area contributed by atoms with Gasteiger partial charge in [-0.25, -0.2) is 0 Å². The molecule has 22 heavy (non-hydrogen) atoms. The highest BCUT2D eigenvalue weighted by atomic mass is 16.3. The Hall–Kier alpha value is -2.20. The third-order valence-corrected chi connectivity index (χ3v) is 4.06. The van der Waals surface area contributed by atoms with Crippen molar-refractivity contribution in [1.82, 2.24) is 0 Å². The second kappa shape index (κ2) is 6.71. The molecule has 0 aliphatic heterocycles. The van der Waals surface area contributed by atoms with E-state index in [9.17, 15) is 15.3 Å². The number of hydrogen-bond acceptors (Lipinski definition) is 4. The maximum atomic E-state index is 9.56. The number of aryl methyl sites for hydroxylation is 1. The molecule has 0 aliphatic carbocycles. The summed E-state index contributed by atoms with van der Waals surface area (Å²) in [6.45, 7) is 3.97. The highest BCUT2D eigenvalue weighted by Crippen LogP contribution is 2.26. The predicted octanol–water partition coefficient (Wildman–Crippen LogP) is 2.86. The maximum absolute atomic E-state index is 9.56. The summed E-state index contributed by atoms with van der Waals surface area (Å²) in [6, 6.07) is 10.3. The van der Waals surface area contributed by atoms with E-state index >= 15 is 0 Å². The Bertz CT molecular complexity index is 597. The Morgan fingerprint density at radius 1 is 0.864 bits per heavy atom. The van der Waals surface area contributed by atoms with Gasteiger partial charge in [0.05, 0.1) is 0 Å². The van der Waals surface area contributed by atoms with Gasteiger partial charge in [0.2, 0.25) is 0 Å². The largest absolute Gasteiger partial charge is 0.508 e. The number of phenols is 3. The normalized spacial score (nSPS) is 13.8. The second-order valence-corrected chi connectivity index (χ2v) is 5.99. The summed E-state index contributed by atoms with van der Waals surface area (Å²) >= 11 is 0. The SMILES string of the molecule is Cc1cc(CC(C)C(N)Cc2ccc(O)c(O)c2)ccc1O. The van der Waals surface area contributed by atoms with Crippen molar-refractivity contribution in [2.45, 2.75) is 32.7 Å². The first kappa shape index (κ1) is 16.2. The zero-order chi connectivity index (χ0) is 16.3. The minimum Gasteiger partial charge on any atom is -0.508 e. The van der Waals surface area contributed by atoms with E-state index in [1.807, 2.05) is 19.1 Å². The summed E-state index contributed by atoms with van der Waals surface area (Å²) in [4.78, 5) is 0. The number of nitrogens with two attached hydrogens (primary N) is 1. The molecule has 0 saturated heterocycles. The second-order valence-electron chi connectivity index (χ2n) is 5.99. The van der Waals surface area contributed by atoms with Crippen LogP contribution in [0.1, 0.15) is 23.6 Å². The Morgan fingerprint density at radius 2 is 1.45 bits per heavy atom. The fourth-order valence-electron chi connectivity index (χ4n) is 2.54. The van der Waals surface area contributed by atoms with Crippen LogP contribution >= 0.6 is 0 Å². The molecule has 2 rings (SSSR count). The van der Waals surface area contributed by atoms with Gasteiger partial charge < -0.3 is 21.1 Å². The molecule has 0 fully saturated rings. The minimum atomic E-state index is -0.120. The molecule has 118 valence electrons. The Kier molecular flexibility index (Phi) is 4.93. The highest BCUT2D eigenvalue weighted by Gasteiger charge is 2.15. The average molecular weight is 301 g/mol. The molecular weight excluding hydrogens is 278 g/mol. The summed E-state index contributed by atoms with van der Waals surface area (Å²) in [5, 5.41) is 28.4. The first-order valence-corrected chi connectivity index (χ1v) is 7.41. The number of aromatic hydroxyl groups is 3. The molecule has 4 heteroatoms. The topological polar surface area (TPSA) is 86.7 Å². The molecule has 0 heterocycles. The quantitative estimate of drug-likeness (QED) is 0.640. The van der Waals surface area contributed by atoms with Gasteiger partial charge in [-0.2, -0.15) is 0 Å². The van der Waals surface area contributed by atoms with Crippen LogP contribution in [0.2, 0.25) is 0 Å². The van der Waals surface area contributed by atoms with Crippen LogP contribution in [0.5, 0.6) is 17.2 Å². The van der Waals surface area contributed by atoms with Gasteiger partial charge in [-0.05, 0) is 60.6 Å². The first-order valence-electron chi connectivity index (χ1n) is 7.41. The maximum Gasteiger partial charge on any atom is 0.157 e. The standard InChI is InChI=1S/C18H23NO3/c1-11(7-13-3-5-16(20)12(2)8-13)15(19)9-14-4-6-17(21)18(22)10-14/h3-6,8,10-11,15,20-22H,7,9,19H2,1-2H3. The molecule has 4 nitrogen and oxygen atoms in total. The van der Waals surface area contributed by atoms with Crippen molar-refractivity contribution < 1.29 is 15.3 Å². The molecule has 0 saturated carbocycles. The van der Waals surface area contributed by atoms with E-state index in [-0.39, 0.29) is 23.5 Å². The smallest absolute Gasteiger partial charge is 0.157 e. The summed E-state index contributed by atoms with van der Waals surface area (Å²) in [5.74, 6) is 0.316. The summed E-state index contributed by atoms with van der Waals surface area (Å²) in [6.07, 6.45) is 1.46. The average Bonchev–Trinajstić information content (AvgIpc) is 2.46. The Morgan fingerprint density at radius 3 is 2.05 bits per heavy atom. The molecule has 2 atom stereocenters. The monoisotopic (exact) mass is 301 g/mol. The van der Waals surface area contributed by atoms with E-state index < -0.39 is 0 Å². The third-order valence-electron chi connectivity index (χ3n) is 4.06. The lowest BCUT2D eigenvalue weighted by Crippen LogP contribution is -2.31.